The van der Waals surface area contributed by atoms with Crippen LogP contribution in [-0.4, -0.2) is 36.5 Å². The van der Waals surface area contributed by atoms with E-state index in [-0.39, 0.29) is 12.4 Å². The maximum Gasteiger partial charge on any atom is 0.185 e. The summed E-state index contributed by atoms with van der Waals surface area (Å²) in [5, 5.41) is 8.89. The molecule has 0 aromatic heterocycles. The molecule has 2 atom stereocenters. The number of benzene rings is 1. The van der Waals surface area contributed by atoms with E-state index in [1.165, 1.54) is 6.42 Å². The van der Waals surface area contributed by atoms with E-state index in [4.69, 9.17) is 14.6 Å². The van der Waals surface area contributed by atoms with Gasteiger partial charge in [0.15, 0.2) is 11.6 Å². The molecular weight excluding hydrogens is 340 g/mol. The molecule has 27 heavy (non-hydrogen) atoms. The summed E-state index contributed by atoms with van der Waals surface area (Å²) < 4.78 is 12.1. The molecule has 1 aliphatic heterocycles. The Labute approximate surface area is 162 Å². The molecule has 3 rings (SSSR count). The van der Waals surface area contributed by atoms with Crippen molar-refractivity contribution >= 4 is 5.78 Å². The first-order valence-corrected chi connectivity index (χ1v) is 10.4. The van der Waals surface area contributed by atoms with Gasteiger partial charge in [0.2, 0.25) is 0 Å². The molecule has 1 saturated heterocycles. The van der Waals surface area contributed by atoms with Crippen molar-refractivity contribution < 1.29 is 19.4 Å². The molecule has 1 aromatic carbocycles. The van der Waals surface area contributed by atoms with E-state index < -0.39 is 5.79 Å². The monoisotopic (exact) mass is 372 g/mol. The zero-order valence-electron chi connectivity index (χ0n) is 16.1. The van der Waals surface area contributed by atoms with Gasteiger partial charge in [0.1, 0.15) is 0 Å². The lowest BCUT2D eigenvalue weighted by Gasteiger charge is -2.31. The molecule has 148 valence electrons. The molecule has 1 N–H and O–H groups in total. The Morgan fingerprint density at radius 1 is 1.07 bits per heavy atom. The zero-order chi connectivity index (χ0) is 19.0. The summed E-state index contributed by atoms with van der Waals surface area (Å²) in [6.45, 7) is 1.63. The molecule has 2 fully saturated rings. The highest BCUT2D eigenvalue weighted by Crippen LogP contribution is 2.48. The van der Waals surface area contributed by atoms with Crippen molar-refractivity contribution in [3.63, 3.8) is 0 Å². The average Bonchev–Trinajstić information content (AvgIpc) is 3.31. The van der Waals surface area contributed by atoms with Gasteiger partial charge in [-0.15, -0.1) is 0 Å². The average molecular weight is 373 g/mol. The maximum absolute atomic E-state index is 12.4. The van der Waals surface area contributed by atoms with Crippen LogP contribution in [0.1, 0.15) is 61.7 Å². The number of unbranched alkanes of at least 4 members (excludes halogenated alkanes) is 4. The number of ether oxygens (including phenoxy) is 2. The first-order chi connectivity index (χ1) is 13.2. The number of carbonyl (C=O) groups is 1. The SMILES string of the molecule is O=C(C=CC1CCC2(OCCO2)C1CCCCCCCO)c1ccccc1. The molecule has 4 heteroatoms. The number of hydrogen-bond donors (Lipinski definition) is 1. The highest BCUT2D eigenvalue weighted by Gasteiger charge is 2.51. The molecule has 1 spiro atoms. The fraction of sp³-hybridized carbons (Fsp3) is 0.609. The van der Waals surface area contributed by atoms with Crippen LogP contribution in [-0.2, 0) is 9.47 Å². The van der Waals surface area contributed by atoms with Crippen molar-refractivity contribution in [2.45, 2.75) is 57.2 Å². The number of aliphatic hydroxyl groups is 1. The van der Waals surface area contributed by atoms with E-state index in [0.29, 0.717) is 25.0 Å². The van der Waals surface area contributed by atoms with Gasteiger partial charge in [-0.1, -0.05) is 62.1 Å². The topological polar surface area (TPSA) is 55.8 Å². The number of rotatable bonds is 10. The summed E-state index contributed by atoms with van der Waals surface area (Å²) in [6.07, 6.45) is 12.3. The second-order valence-corrected chi connectivity index (χ2v) is 7.69. The smallest absolute Gasteiger partial charge is 0.185 e. The van der Waals surface area contributed by atoms with Crippen LogP contribution in [0.4, 0.5) is 0 Å². The normalized spacial score (nSPS) is 24.2. The summed E-state index contributed by atoms with van der Waals surface area (Å²) in [5.74, 6) is 0.272. The van der Waals surface area contributed by atoms with Gasteiger partial charge in [-0.25, -0.2) is 0 Å². The van der Waals surface area contributed by atoms with Crippen LogP contribution in [0.25, 0.3) is 0 Å². The summed E-state index contributed by atoms with van der Waals surface area (Å²) >= 11 is 0. The Bertz CT molecular complexity index is 604. The first-order valence-electron chi connectivity index (χ1n) is 10.4. The van der Waals surface area contributed by atoms with Gasteiger partial charge < -0.3 is 14.6 Å². The molecule has 4 nitrogen and oxygen atoms in total. The highest BCUT2D eigenvalue weighted by molar-refractivity contribution is 6.04. The van der Waals surface area contributed by atoms with Crippen molar-refractivity contribution in [1.82, 2.24) is 0 Å². The summed E-state index contributed by atoms with van der Waals surface area (Å²) in [5.41, 5.74) is 0.732. The third-order valence-corrected chi connectivity index (χ3v) is 5.91. The van der Waals surface area contributed by atoms with Gasteiger partial charge in [0.05, 0.1) is 13.2 Å². The van der Waals surface area contributed by atoms with Crippen molar-refractivity contribution in [2.75, 3.05) is 19.8 Å². The molecule has 0 radical (unpaired) electrons. The van der Waals surface area contributed by atoms with E-state index in [0.717, 1.165) is 50.5 Å². The Balaban J connectivity index is 1.58. The lowest BCUT2D eigenvalue weighted by molar-refractivity contribution is -0.186. The zero-order valence-corrected chi connectivity index (χ0v) is 16.1. The van der Waals surface area contributed by atoms with Gasteiger partial charge in [0.25, 0.3) is 0 Å². The van der Waals surface area contributed by atoms with Crippen LogP contribution in [0, 0.1) is 11.8 Å². The van der Waals surface area contributed by atoms with Gasteiger partial charge in [-0.3, -0.25) is 4.79 Å². The lowest BCUT2D eigenvalue weighted by Crippen LogP contribution is -2.36. The predicted molar refractivity (Wildman–Crippen MR) is 106 cm³/mol. The number of ketones is 1. The van der Waals surface area contributed by atoms with Crippen LogP contribution in [0.3, 0.4) is 0 Å². The summed E-state index contributed by atoms with van der Waals surface area (Å²) in [6, 6.07) is 9.43. The first kappa shape index (κ1) is 20.2. The van der Waals surface area contributed by atoms with E-state index in [2.05, 4.69) is 6.08 Å². The molecule has 1 heterocycles. The molecule has 1 aliphatic carbocycles. The highest BCUT2D eigenvalue weighted by atomic mass is 16.7. The van der Waals surface area contributed by atoms with Crippen molar-refractivity contribution in [3.05, 3.63) is 48.0 Å². The molecule has 1 aromatic rings. The van der Waals surface area contributed by atoms with Gasteiger partial charge in [-0.2, -0.15) is 0 Å². The molecule has 2 aliphatic rings. The number of aliphatic hydroxyl groups excluding tert-OH is 1. The van der Waals surface area contributed by atoms with E-state index in [9.17, 15) is 4.79 Å². The lowest BCUT2D eigenvalue weighted by atomic mass is 9.86. The summed E-state index contributed by atoms with van der Waals surface area (Å²) in [4.78, 5) is 12.4. The van der Waals surface area contributed by atoms with Gasteiger partial charge in [0, 0.05) is 24.5 Å². The third kappa shape index (κ3) is 5.28. The number of hydrogen-bond acceptors (Lipinski definition) is 4. The molecule has 0 bridgehead atoms. The van der Waals surface area contributed by atoms with Gasteiger partial charge >= 0.3 is 0 Å². The van der Waals surface area contributed by atoms with Crippen molar-refractivity contribution in [3.8, 4) is 0 Å². The Hall–Kier alpha value is -1.49. The fourth-order valence-electron chi connectivity index (χ4n) is 4.49. The van der Waals surface area contributed by atoms with Crippen molar-refractivity contribution in [1.29, 1.82) is 0 Å². The van der Waals surface area contributed by atoms with Crippen LogP contribution in [0.2, 0.25) is 0 Å². The summed E-state index contributed by atoms with van der Waals surface area (Å²) in [7, 11) is 0. The van der Waals surface area contributed by atoms with Gasteiger partial charge in [-0.05, 0) is 31.3 Å². The minimum Gasteiger partial charge on any atom is -0.396 e. The molecule has 0 amide bonds. The Morgan fingerprint density at radius 3 is 2.52 bits per heavy atom. The van der Waals surface area contributed by atoms with E-state index >= 15 is 0 Å². The molecule has 2 unspecified atom stereocenters. The molecular formula is C23H32O4. The van der Waals surface area contributed by atoms with E-state index in [1.807, 2.05) is 30.3 Å². The predicted octanol–water partition coefficient (Wildman–Crippen LogP) is 4.53. The quantitative estimate of drug-likeness (QED) is 0.372. The van der Waals surface area contributed by atoms with Crippen molar-refractivity contribution in [2.24, 2.45) is 11.8 Å². The van der Waals surface area contributed by atoms with Crippen LogP contribution >= 0.6 is 0 Å². The maximum atomic E-state index is 12.4. The Kier molecular flexibility index (Phi) is 7.62. The Morgan fingerprint density at radius 2 is 1.78 bits per heavy atom. The van der Waals surface area contributed by atoms with Crippen LogP contribution < -0.4 is 0 Å². The number of allylic oxidation sites excluding steroid dienone is 2. The minimum absolute atomic E-state index is 0.0626. The molecule has 1 saturated carbocycles. The van der Waals surface area contributed by atoms with Crippen LogP contribution in [0.15, 0.2) is 42.5 Å². The van der Waals surface area contributed by atoms with E-state index in [1.54, 1.807) is 6.08 Å². The van der Waals surface area contributed by atoms with Crippen LogP contribution in [0.5, 0.6) is 0 Å². The fourth-order valence-corrected chi connectivity index (χ4v) is 4.49. The largest absolute Gasteiger partial charge is 0.396 e. The standard InChI is InChI=1S/C23H32O4/c24-16-8-3-1-2-7-11-21-19(14-15-23(21)26-17-18-27-23)12-13-22(25)20-9-5-4-6-10-20/h4-6,9-10,12-13,19,21,24H,1-3,7-8,11,14-18H2. The third-order valence-electron chi connectivity index (χ3n) is 5.91. The minimum atomic E-state index is -0.435. The number of carbonyl (C=O) groups excluding carboxylic acids is 1. The second-order valence-electron chi connectivity index (χ2n) is 7.69. The second kappa shape index (κ2) is 10.2.